The number of hydrogen-bond acceptors (Lipinski definition) is 4. The van der Waals surface area contributed by atoms with Crippen LogP contribution in [0.25, 0.3) is 0 Å². The highest BCUT2D eigenvalue weighted by molar-refractivity contribution is 5.96. The van der Waals surface area contributed by atoms with Crippen molar-refractivity contribution in [3.05, 3.63) is 23.8 Å². The standard InChI is InChI=1S/C19H29NO3/c1-3-5-10-20(11-6-4-2)12-9-17(21)16-7-8-18-19(15-16)23-14-13-22-18/h7-8,15H,3-6,9-14H2,1-2H3. The topological polar surface area (TPSA) is 38.8 Å². The Kier molecular flexibility index (Phi) is 7.40. The minimum absolute atomic E-state index is 0.181. The number of Topliss-reactive ketones (excluding diaryl/α,β-unsaturated/α-hetero) is 1. The van der Waals surface area contributed by atoms with Crippen LogP contribution in [-0.2, 0) is 0 Å². The molecule has 0 N–H and O–H groups in total. The summed E-state index contributed by atoms with van der Waals surface area (Å²) in [6.07, 6.45) is 5.34. The molecule has 4 heteroatoms. The molecule has 0 aromatic heterocycles. The summed E-state index contributed by atoms with van der Waals surface area (Å²) in [5.41, 5.74) is 0.722. The molecule has 0 fully saturated rings. The Morgan fingerprint density at radius 2 is 1.65 bits per heavy atom. The van der Waals surface area contributed by atoms with E-state index in [0.29, 0.717) is 25.4 Å². The van der Waals surface area contributed by atoms with Crippen LogP contribution >= 0.6 is 0 Å². The van der Waals surface area contributed by atoms with Crippen LogP contribution in [0.1, 0.15) is 56.3 Å². The van der Waals surface area contributed by atoms with Crippen LogP contribution in [-0.4, -0.2) is 43.5 Å². The van der Waals surface area contributed by atoms with E-state index in [1.54, 1.807) is 0 Å². The molecular formula is C19H29NO3. The molecule has 2 rings (SSSR count). The predicted molar refractivity (Wildman–Crippen MR) is 92.6 cm³/mol. The number of fused-ring (bicyclic) bond motifs is 1. The number of benzene rings is 1. The van der Waals surface area contributed by atoms with Gasteiger partial charge in [0.25, 0.3) is 0 Å². The quantitative estimate of drug-likeness (QED) is 0.613. The van der Waals surface area contributed by atoms with Crippen molar-refractivity contribution in [2.45, 2.75) is 46.0 Å². The maximum atomic E-state index is 12.5. The highest BCUT2D eigenvalue weighted by Crippen LogP contribution is 2.31. The summed E-state index contributed by atoms with van der Waals surface area (Å²) >= 11 is 0. The van der Waals surface area contributed by atoms with E-state index in [0.717, 1.165) is 30.9 Å². The lowest BCUT2D eigenvalue weighted by Gasteiger charge is -2.22. The van der Waals surface area contributed by atoms with Gasteiger partial charge in [0.05, 0.1) is 0 Å². The van der Waals surface area contributed by atoms with Crippen LogP contribution in [0.3, 0.4) is 0 Å². The van der Waals surface area contributed by atoms with E-state index in [1.807, 2.05) is 18.2 Å². The molecule has 0 unspecified atom stereocenters. The summed E-state index contributed by atoms with van der Waals surface area (Å²) in [6.45, 7) is 8.55. The van der Waals surface area contributed by atoms with Crippen molar-refractivity contribution in [2.24, 2.45) is 0 Å². The first kappa shape index (κ1) is 17.8. The van der Waals surface area contributed by atoms with Crippen molar-refractivity contribution in [1.29, 1.82) is 0 Å². The van der Waals surface area contributed by atoms with Gasteiger partial charge in [-0.15, -0.1) is 0 Å². The second kappa shape index (κ2) is 9.56. The molecule has 0 aliphatic carbocycles. The van der Waals surface area contributed by atoms with Gasteiger partial charge in [0.15, 0.2) is 17.3 Å². The number of ether oxygens (including phenoxy) is 2. The first-order chi connectivity index (χ1) is 11.2. The van der Waals surface area contributed by atoms with Crippen LogP contribution in [0.2, 0.25) is 0 Å². The number of carbonyl (C=O) groups excluding carboxylic acids is 1. The zero-order chi connectivity index (χ0) is 16.5. The van der Waals surface area contributed by atoms with E-state index in [-0.39, 0.29) is 5.78 Å². The highest BCUT2D eigenvalue weighted by Gasteiger charge is 2.15. The molecule has 0 atom stereocenters. The van der Waals surface area contributed by atoms with Crippen molar-refractivity contribution >= 4 is 5.78 Å². The Hall–Kier alpha value is -1.55. The van der Waals surface area contributed by atoms with Crippen LogP contribution < -0.4 is 9.47 Å². The molecule has 0 amide bonds. The van der Waals surface area contributed by atoms with Crippen molar-refractivity contribution in [3.63, 3.8) is 0 Å². The molecule has 1 heterocycles. The zero-order valence-electron chi connectivity index (χ0n) is 14.5. The van der Waals surface area contributed by atoms with Crippen molar-refractivity contribution < 1.29 is 14.3 Å². The van der Waals surface area contributed by atoms with Crippen LogP contribution in [0, 0.1) is 0 Å². The summed E-state index contributed by atoms with van der Waals surface area (Å²) in [7, 11) is 0. The van der Waals surface area contributed by atoms with Gasteiger partial charge in [-0.2, -0.15) is 0 Å². The van der Waals surface area contributed by atoms with Gasteiger partial charge >= 0.3 is 0 Å². The molecule has 0 radical (unpaired) electrons. The molecule has 4 nitrogen and oxygen atoms in total. The number of rotatable bonds is 10. The molecule has 128 valence electrons. The van der Waals surface area contributed by atoms with E-state index >= 15 is 0 Å². The Morgan fingerprint density at radius 1 is 1.00 bits per heavy atom. The van der Waals surface area contributed by atoms with E-state index in [1.165, 1.54) is 25.7 Å². The van der Waals surface area contributed by atoms with E-state index in [9.17, 15) is 4.79 Å². The normalized spacial score (nSPS) is 13.3. The lowest BCUT2D eigenvalue weighted by molar-refractivity contribution is 0.0962. The predicted octanol–water partition coefficient (Wildman–Crippen LogP) is 3.93. The minimum atomic E-state index is 0.181. The fourth-order valence-electron chi connectivity index (χ4n) is 2.72. The number of ketones is 1. The van der Waals surface area contributed by atoms with E-state index in [4.69, 9.17) is 9.47 Å². The molecule has 0 saturated carbocycles. The van der Waals surface area contributed by atoms with Gasteiger partial charge < -0.3 is 14.4 Å². The first-order valence-corrected chi connectivity index (χ1v) is 8.89. The molecule has 23 heavy (non-hydrogen) atoms. The number of carbonyl (C=O) groups is 1. The van der Waals surface area contributed by atoms with Gasteiger partial charge in [0, 0.05) is 18.5 Å². The Bertz CT molecular complexity index is 493. The Morgan fingerprint density at radius 3 is 2.30 bits per heavy atom. The third-order valence-corrected chi connectivity index (χ3v) is 4.18. The molecule has 0 bridgehead atoms. The summed E-state index contributed by atoms with van der Waals surface area (Å²) in [4.78, 5) is 14.9. The molecule has 1 aliphatic rings. The number of nitrogens with zero attached hydrogens (tertiary/aromatic N) is 1. The van der Waals surface area contributed by atoms with Gasteiger partial charge in [-0.05, 0) is 44.1 Å². The molecule has 1 aliphatic heterocycles. The molecule has 1 aromatic rings. The SMILES string of the molecule is CCCCN(CCCC)CCC(=O)c1ccc2c(c1)OCCO2. The van der Waals surface area contributed by atoms with Crippen molar-refractivity contribution in [2.75, 3.05) is 32.8 Å². The van der Waals surface area contributed by atoms with E-state index < -0.39 is 0 Å². The first-order valence-electron chi connectivity index (χ1n) is 8.89. The Labute approximate surface area is 139 Å². The van der Waals surface area contributed by atoms with Crippen LogP contribution in [0.15, 0.2) is 18.2 Å². The third-order valence-electron chi connectivity index (χ3n) is 4.18. The van der Waals surface area contributed by atoms with Gasteiger partial charge in [-0.1, -0.05) is 26.7 Å². The zero-order valence-corrected chi connectivity index (χ0v) is 14.5. The second-order valence-corrected chi connectivity index (χ2v) is 6.08. The number of unbranched alkanes of at least 4 members (excludes halogenated alkanes) is 2. The van der Waals surface area contributed by atoms with Crippen LogP contribution in [0.4, 0.5) is 0 Å². The molecule has 0 saturated heterocycles. The Balaban J connectivity index is 1.89. The van der Waals surface area contributed by atoms with Gasteiger partial charge in [-0.25, -0.2) is 0 Å². The lowest BCUT2D eigenvalue weighted by atomic mass is 10.1. The molecular weight excluding hydrogens is 290 g/mol. The summed E-state index contributed by atoms with van der Waals surface area (Å²) < 4.78 is 11.1. The third kappa shape index (κ3) is 5.54. The lowest BCUT2D eigenvalue weighted by Crippen LogP contribution is -2.28. The maximum Gasteiger partial charge on any atom is 0.164 e. The van der Waals surface area contributed by atoms with Crippen LogP contribution in [0.5, 0.6) is 11.5 Å². The minimum Gasteiger partial charge on any atom is -0.486 e. The second-order valence-electron chi connectivity index (χ2n) is 6.08. The number of hydrogen-bond donors (Lipinski definition) is 0. The molecule has 1 aromatic carbocycles. The highest BCUT2D eigenvalue weighted by atomic mass is 16.6. The summed E-state index contributed by atoms with van der Waals surface area (Å²) in [5.74, 6) is 1.61. The average molecular weight is 319 g/mol. The average Bonchev–Trinajstić information content (AvgIpc) is 2.60. The smallest absolute Gasteiger partial charge is 0.164 e. The summed E-state index contributed by atoms with van der Waals surface area (Å²) in [5, 5.41) is 0. The van der Waals surface area contributed by atoms with Crippen molar-refractivity contribution in [1.82, 2.24) is 4.90 Å². The largest absolute Gasteiger partial charge is 0.486 e. The fraction of sp³-hybridized carbons (Fsp3) is 0.632. The fourth-order valence-corrected chi connectivity index (χ4v) is 2.72. The van der Waals surface area contributed by atoms with Gasteiger partial charge in [0.1, 0.15) is 13.2 Å². The van der Waals surface area contributed by atoms with Gasteiger partial charge in [0.2, 0.25) is 0 Å². The van der Waals surface area contributed by atoms with Gasteiger partial charge in [-0.3, -0.25) is 4.79 Å². The molecule has 0 spiro atoms. The monoisotopic (exact) mass is 319 g/mol. The maximum absolute atomic E-state index is 12.5. The van der Waals surface area contributed by atoms with E-state index in [2.05, 4.69) is 18.7 Å². The van der Waals surface area contributed by atoms with Crippen molar-refractivity contribution in [3.8, 4) is 11.5 Å². The summed E-state index contributed by atoms with van der Waals surface area (Å²) in [6, 6.07) is 5.51.